The second-order valence-electron chi connectivity index (χ2n) is 6.00. The largest absolute Gasteiger partial charge is 0.351 e. The summed E-state index contributed by atoms with van der Waals surface area (Å²) < 4.78 is 24.9. The number of nitrogens with zero attached hydrogens (tertiary/aromatic N) is 2. The van der Waals surface area contributed by atoms with Crippen LogP contribution in [0.2, 0.25) is 0 Å². The first-order chi connectivity index (χ1) is 12.4. The number of aryl methyl sites for hydroxylation is 1. The molecule has 1 aromatic carbocycles. The summed E-state index contributed by atoms with van der Waals surface area (Å²) >= 11 is 3.32. The van der Waals surface area contributed by atoms with Gasteiger partial charge in [0.25, 0.3) is 5.91 Å². The maximum Gasteiger partial charge on any atom is 0.251 e. The molecule has 1 saturated heterocycles. The van der Waals surface area contributed by atoms with Crippen LogP contribution < -0.4 is 5.32 Å². The Labute approximate surface area is 162 Å². The van der Waals surface area contributed by atoms with E-state index in [0.29, 0.717) is 31.6 Å². The van der Waals surface area contributed by atoms with Crippen molar-refractivity contribution in [3.63, 3.8) is 0 Å². The number of nitrogens with one attached hydrogen (secondary N) is 1. The van der Waals surface area contributed by atoms with E-state index in [1.54, 1.807) is 35.2 Å². The number of rotatable bonds is 7. The van der Waals surface area contributed by atoms with Crippen molar-refractivity contribution in [2.24, 2.45) is 0 Å². The summed E-state index contributed by atoms with van der Waals surface area (Å²) in [5.74, 6) is 0.828. The number of thiazole rings is 1. The van der Waals surface area contributed by atoms with Gasteiger partial charge in [-0.3, -0.25) is 4.79 Å². The number of amides is 1. The Balaban J connectivity index is 1.46. The summed E-state index contributed by atoms with van der Waals surface area (Å²) in [5, 5.41) is 5.91. The highest BCUT2D eigenvalue weighted by molar-refractivity contribution is 7.98. The molecule has 0 bridgehead atoms. The first-order valence-electron chi connectivity index (χ1n) is 8.34. The van der Waals surface area contributed by atoms with Crippen LogP contribution in [-0.2, 0) is 15.8 Å². The predicted molar refractivity (Wildman–Crippen MR) is 105 cm³/mol. The summed E-state index contributed by atoms with van der Waals surface area (Å²) in [6, 6.07) is 7.42. The molecule has 1 aromatic heterocycles. The Morgan fingerprint density at radius 1 is 1.35 bits per heavy atom. The zero-order chi connectivity index (χ0) is 18.6. The monoisotopic (exact) mass is 411 g/mol. The van der Waals surface area contributed by atoms with E-state index in [1.807, 2.05) is 19.1 Å². The summed E-state index contributed by atoms with van der Waals surface area (Å²) in [4.78, 5) is 17.7. The average Bonchev–Trinajstić information content (AvgIpc) is 3.18. The van der Waals surface area contributed by atoms with Gasteiger partial charge in [-0.25, -0.2) is 17.7 Å². The molecule has 2 heterocycles. The number of carbonyl (C=O) groups is 1. The summed E-state index contributed by atoms with van der Waals surface area (Å²) in [6.07, 6.45) is 0.663. The number of hydrogen-bond donors (Lipinski definition) is 1. The zero-order valence-electron chi connectivity index (χ0n) is 14.5. The van der Waals surface area contributed by atoms with Crippen LogP contribution in [0.1, 0.15) is 27.5 Å². The third-order valence-corrected chi connectivity index (χ3v) is 7.84. The Morgan fingerprint density at radius 2 is 2.12 bits per heavy atom. The number of carbonyl (C=O) groups excluding carboxylic acids is 1. The third kappa shape index (κ3) is 5.06. The van der Waals surface area contributed by atoms with Crippen molar-refractivity contribution >= 4 is 39.0 Å². The molecule has 0 saturated carbocycles. The van der Waals surface area contributed by atoms with Gasteiger partial charge >= 0.3 is 0 Å². The number of sulfonamides is 1. The van der Waals surface area contributed by atoms with Crippen molar-refractivity contribution in [2.75, 3.05) is 25.4 Å². The molecule has 2 aromatic rings. The molecule has 1 fully saturated rings. The van der Waals surface area contributed by atoms with Crippen molar-refractivity contribution in [2.45, 2.75) is 24.0 Å². The molecule has 6 nitrogen and oxygen atoms in total. The molecule has 0 aliphatic carbocycles. The van der Waals surface area contributed by atoms with Crippen LogP contribution in [0.25, 0.3) is 0 Å². The first-order valence-corrected chi connectivity index (χ1v) is 11.8. The lowest BCUT2D eigenvalue weighted by molar-refractivity contribution is 0.0952. The standard InChI is InChI=1S/C17H21N3O3S3/c1-13-19-15(11-24-13)12-25-16-5-3-14(4-6-16)17(21)18-7-9-20-8-2-10-26(20,22)23/h3-6,11H,2,7-10,12H2,1H3,(H,18,21). The number of thioether (sulfide) groups is 1. The quantitative estimate of drug-likeness (QED) is 0.708. The van der Waals surface area contributed by atoms with Crippen LogP contribution in [0.4, 0.5) is 0 Å². The van der Waals surface area contributed by atoms with Gasteiger partial charge in [-0.2, -0.15) is 0 Å². The van der Waals surface area contributed by atoms with Gasteiger partial charge < -0.3 is 5.32 Å². The molecule has 1 aliphatic heterocycles. The molecule has 3 rings (SSSR count). The Morgan fingerprint density at radius 3 is 2.73 bits per heavy atom. The second kappa shape index (κ2) is 8.51. The summed E-state index contributed by atoms with van der Waals surface area (Å²) in [6.45, 7) is 3.18. The van der Waals surface area contributed by atoms with Gasteiger partial charge in [0.1, 0.15) is 0 Å². The van der Waals surface area contributed by atoms with E-state index in [1.165, 1.54) is 4.31 Å². The minimum atomic E-state index is -3.11. The van der Waals surface area contributed by atoms with Crippen LogP contribution in [-0.4, -0.2) is 49.0 Å². The minimum absolute atomic E-state index is 0.187. The van der Waals surface area contributed by atoms with Crippen molar-refractivity contribution < 1.29 is 13.2 Å². The average molecular weight is 412 g/mol. The van der Waals surface area contributed by atoms with E-state index in [9.17, 15) is 13.2 Å². The van der Waals surface area contributed by atoms with Gasteiger partial charge in [-0.05, 0) is 37.6 Å². The molecule has 0 spiro atoms. The zero-order valence-corrected chi connectivity index (χ0v) is 16.9. The fraction of sp³-hybridized carbons (Fsp3) is 0.412. The highest BCUT2D eigenvalue weighted by atomic mass is 32.2. The van der Waals surface area contributed by atoms with E-state index < -0.39 is 10.0 Å². The number of hydrogen-bond acceptors (Lipinski definition) is 6. The fourth-order valence-electron chi connectivity index (χ4n) is 2.67. The lowest BCUT2D eigenvalue weighted by Crippen LogP contribution is -2.35. The van der Waals surface area contributed by atoms with E-state index in [2.05, 4.69) is 15.7 Å². The maximum atomic E-state index is 12.2. The highest BCUT2D eigenvalue weighted by Gasteiger charge is 2.27. The van der Waals surface area contributed by atoms with Crippen LogP contribution in [0.3, 0.4) is 0 Å². The van der Waals surface area contributed by atoms with Gasteiger partial charge in [0.15, 0.2) is 0 Å². The number of aromatic nitrogens is 1. The van der Waals surface area contributed by atoms with E-state index in [4.69, 9.17) is 0 Å². The van der Waals surface area contributed by atoms with E-state index in [0.717, 1.165) is 21.3 Å². The Kier molecular flexibility index (Phi) is 6.33. The molecular formula is C17H21N3O3S3. The fourth-order valence-corrected chi connectivity index (χ4v) is 5.71. The van der Waals surface area contributed by atoms with Crippen LogP contribution in [0.15, 0.2) is 34.5 Å². The molecular weight excluding hydrogens is 390 g/mol. The molecule has 0 atom stereocenters. The first kappa shape index (κ1) is 19.3. The molecule has 1 aliphatic rings. The lowest BCUT2D eigenvalue weighted by atomic mass is 10.2. The number of benzene rings is 1. The summed E-state index contributed by atoms with van der Waals surface area (Å²) in [5.41, 5.74) is 1.64. The smallest absolute Gasteiger partial charge is 0.251 e. The second-order valence-corrected chi connectivity index (χ2v) is 10.2. The molecule has 1 N–H and O–H groups in total. The Bertz CT molecular complexity index is 863. The third-order valence-electron chi connectivity index (χ3n) is 4.02. The van der Waals surface area contributed by atoms with Gasteiger partial charge in [-0.1, -0.05) is 0 Å². The predicted octanol–water partition coefficient (Wildman–Crippen LogP) is 2.51. The van der Waals surface area contributed by atoms with Gasteiger partial charge in [-0.15, -0.1) is 23.1 Å². The normalized spacial score (nSPS) is 16.7. The SMILES string of the molecule is Cc1nc(CSc2ccc(C(=O)NCCN3CCCS3(=O)=O)cc2)cs1. The van der Waals surface area contributed by atoms with Crippen molar-refractivity contribution in [3.05, 3.63) is 45.9 Å². The Hall–Kier alpha value is -1.42. The highest BCUT2D eigenvalue weighted by Crippen LogP contribution is 2.23. The van der Waals surface area contributed by atoms with Crippen molar-refractivity contribution in [1.29, 1.82) is 0 Å². The van der Waals surface area contributed by atoms with Crippen molar-refractivity contribution in [1.82, 2.24) is 14.6 Å². The maximum absolute atomic E-state index is 12.2. The van der Waals surface area contributed by atoms with Gasteiger partial charge in [0.05, 0.1) is 16.5 Å². The lowest BCUT2D eigenvalue weighted by Gasteiger charge is -2.14. The summed E-state index contributed by atoms with van der Waals surface area (Å²) in [7, 11) is -3.11. The molecule has 140 valence electrons. The van der Waals surface area contributed by atoms with E-state index in [-0.39, 0.29) is 11.7 Å². The molecule has 0 unspecified atom stereocenters. The molecule has 0 radical (unpaired) electrons. The minimum Gasteiger partial charge on any atom is -0.351 e. The topological polar surface area (TPSA) is 79.4 Å². The molecule has 26 heavy (non-hydrogen) atoms. The van der Waals surface area contributed by atoms with Gasteiger partial charge in [0, 0.05) is 41.2 Å². The molecule has 1 amide bonds. The van der Waals surface area contributed by atoms with Crippen LogP contribution >= 0.6 is 23.1 Å². The van der Waals surface area contributed by atoms with Crippen LogP contribution in [0.5, 0.6) is 0 Å². The van der Waals surface area contributed by atoms with E-state index >= 15 is 0 Å². The molecule has 9 heteroatoms. The van der Waals surface area contributed by atoms with Crippen LogP contribution in [0, 0.1) is 6.92 Å². The van der Waals surface area contributed by atoms with Crippen molar-refractivity contribution in [3.8, 4) is 0 Å². The van der Waals surface area contributed by atoms with Gasteiger partial charge in [0.2, 0.25) is 10.0 Å².